The van der Waals surface area contributed by atoms with Crippen molar-refractivity contribution in [3.05, 3.63) is 23.4 Å². The number of nitrogens with one attached hydrogen (secondary N) is 2. The van der Waals surface area contributed by atoms with E-state index in [2.05, 4.69) is 22.5 Å². The number of hydrogen-bond acceptors (Lipinski definition) is 3. The Balaban J connectivity index is 2.01. The van der Waals surface area contributed by atoms with E-state index in [4.69, 9.17) is 11.6 Å². The van der Waals surface area contributed by atoms with E-state index >= 15 is 0 Å². The quantitative estimate of drug-likeness (QED) is 0.848. The third-order valence-electron chi connectivity index (χ3n) is 3.03. The largest absolute Gasteiger partial charge is 0.309 e. The molecular weight excluding hydrogens is 238 g/mol. The fourth-order valence-corrected chi connectivity index (χ4v) is 2.24. The molecule has 17 heavy (non-hydrogen) atoms. The van der Waals surface area contributed by atoms with E-state index in [1.807, 2.05) is 0 Å². The molecule has 0 saturated carbocycles. The third-order valence-corrected chi connectivity index (χ3v) is 3.26. The number of amides is 1. The van der Waals surface area contributed by atoms with Crippen LogP contribution in [0.1, 0.15) is 19.8 Å². The first-order chi connectivity index (χ1) is 8.16. The molecular formula is C12H16ClN3O. The normalized spacial score (nSPS) is 24.4. The van der Waals surface area contributed by atoms with Gasteiger partial charge in [0.05, 0.1) is 6.04 Å². The first kappa shape index (κ1) is 12.3. The Morgan fingerprint density at radius 3 is 3.18 bits per heavy atom. The predicted molar refractivity (Wildman–Crippen MR) is 68.1 cm³/mol. The molecule has 0 aromatic carbocycles. The van der Waals surface area contributed by atoms with Crippen molar-refractivity contribution in [3.63, 3.8) is 0 Å². The Kier molecular flexibility index (Phi) is 3.97. The van der Waals surface area contributed by atoms with Crippen molar-refractivity contribution in [3.8, 4) is 0 Å². The number of halogens is 1. The molecule has 2 unspecified atom stereocenters. The van der Waals surface area contributed by atoms with Gasteiger partial charge in [-0.15, -0.1) is 0 Å². The summed E-state index contributed by atoms with van der Waals surface area (Å²) in [5.74, 6) is 0.817. The molecule has 1 aromatic heterocycles. The molecule has 1 aromatic rings. The third kappa shape index (κ3) is 3.17. The van der Waals surface area contributed by atoms with Gasteiger partial charge in [0.25, 0.3) is 0 Å². The van der Waals surface area contributed by atoms with Crippen LogP contribution in [0.4, 0.5) is 5.82 Å². The Morgan fingerprint density at radius 1 is 1.65 bits per heavy atom. The number of pyridine rings is 1. The lowest BCUT2D eigenvalue weighted by atomic mass is 9.92. The molecule has 2 N–H and O–H groups in total. The molecule has 0 spiro atoms. The summed E-state index contributed by atoms with van der Waals surface area (Å²) < 4.78 is 0. The molecule has 2 heterocycles. The lowest BCUT2D eigenvalue weighted by molar-refractivity contribution is -0.119. The van der Waals surface area contributed by atoms with Gasteiger partial charge in [0.1, 0.15) is 5.82 Å². The van der Waals surface area contributed by atoms with Crippen LogP contribution in [0.3, 0.4) is 0 Å². The average molecular weight is 254 g/mol. The minimum Gasteiger partial charge on any atom is -0.309 e. The van der Waals surface area contributed by atoms with E-state index in [0.717, 1.165) is 19.4 Å². The predicted octanol–water partition coefficient (Wildman–Crippen LogP) is 2.06. The van der Waals surface area contributed by atoms with E-state index in [1.165, 1.54) is 0 Å². The van der Waals surface area contributed by atoms with Crippen molar-refractivity contribution >= 4 is 23.3 Å². The van der Waals surface area contributed by atoms with E-state index in [1.54, 1.807) is 18.3 Å². The van der Waals surface area contributed by atoms with Gasteiger partial charge in [-0.3, -0.25) is 4.79 Å². The van der Waals surface area contributed by atoms with Crippen LogP contribution in [-0.4, -0.2) is 23.5 Å². The summed E-state index contributed by atoms with van der Waals surface area (Å²) in [6, 6.07) is 3.19. The second kappa shape index (κ2) is 5.47. The molecule has 1 aliphatic heterocycles. The van der Waals surface area contributed by atoms with E-state index in [-0.39, 0.29) is 11.9 Å². The van der Waals surface area contributed by atoms with Crippen LogP contribution in [0.25, 0.3) is 0 Å². The fraction of sp³-hybridized carbons (Fsp3) is 0.500. The molecule has 92 valence electrons. The number of hydrogen-bond donors (Lipinski definition) is 2. The second-order valence-corrected chi connectivity index (χ2v) is 4.84. The van der Waals surface area contributed by atoms with Crippen molar-refractivity contribution in [1.29, 1.82) is 0 Å². The van der Waals surface area contributed by atoms with Crippen LogP contribution in [0.5, 0.6) is 0 Å². The topological polar surface area (TPSA) is 54.0 Å². The zero-order chi connectivity index (χ0) is 12.3. The summed E-state index contributed by atoms with van der Waals surface area (Å²) in [6.07, 6.45) is 3.78. The molecule has 4 nitrogen and oxygen atoms in total. The first-order valence-corrected chi connectivity index (χ1v) is 6.20. The van der Waals surface area contributed by atoms with Crippen LogP contribution in [0.15, 0.2) is 18.3 Å². The summed E-state index contributed by atoms with van der Waals surface area (Å²) in [4.78, 5) is 16.1. The summed E-state index contributed by atoms with van der Waals surface area (Å²) in [5.41, 5.74) is 0. The van der Waals surface area contributed by atoms with Crippen molar-refractivity contribution in [1.82, 2.24) is 10.3 Å². The minimum absolute atomic E-state index is 0.0352. The lowest BCUT2D eigenvalue weighted by Gasteiger charge is -2.28. The molecule has 5 heteroatoms. The Bertz CT molecular complexity index is 410. The summed E-state index contributed by atoms with van der Waals surface area (Å²) in [5, 5.41) is 6.59. The van der Waals surface area contributed by atoms with Crippen LogP contribution >= 0.6 is 11.6 Å². The molecule has 0 bridgehead atoms. The van der Waals surface area contributed by atoms with Crippen LogP contribution in [0, 0.1) is 5.92 Å². The highest BCUT2D eigenvalue weighted by atomic mass is 35.5. The van der Waals surface area contributed by atoms with Gasteiger partial charge in [0.2, 0.25) is 5.91 Å². The van der Waals surface area contributed by atoms with E-state index in [9.17, 15) is 4.79 Å². The van der Waals surface area contributed by atoms with Crippen molar-refractivity contribution in [2.24, 2.45) is 5.92 Å². The molecule has 2 atom stereocenters. The molecule has 0 radical (unpaired) electrons. The number of carbonyl (C=O) groups excluding carboxylic acids is 1. The van der Waals surface area contributed by atoms with Gasteiger partial charge in [0.15, 0.2) is 0 Å². The van der Waals surface area contributed by atoms with Crippen LogP contribution < -0.4 is 10.6 Å². The van der Waals surface area contributed by atoms with Crippen molar-refractivity contribution in [2.75, 3.05) is 11.9 Å². The highest BCUT2D eigenvalue weighted by Gasteiger charge is 2.27. The second-order valence-electron chi connectivity index (χ2n) is 4.40. The van der Waals surface area contributed by atoms with Crippen LogP contribution in [0.2, 0.25) is 5.02 Å². The minimum atomic E-state index is -0.135. The molecule has 1 saturated heterocycles. The number of nitrogens with zero attached hydrogens (tertiary/aromatic N) is 1. The Hall–Kier alpha value is -1.13. The smallest absolute Gasteiger partial charge is 0.242 e. The number of piperidine rings is 1. The summed E-state index contributed by atoms with van der Waals surface area (Å²) in [7, 11) is 0. The van der Waals surface area contributed by atoms with Gasteiger partial charge in [-0.1, -0.05) is 18.5 Å². The Morgan fingerprint density at radius 2 is 2.47 bits per heavy atom. The van der Waals surface area contributed by atoms with Gasteiger partial charge in [-0.25, -0.2) is 4.98 Å². The number of rotatable bonds is 2. The monoisotopic (exact) mass is 253 g/mol. The first-order valence-electron chi connectivity index (χ1n) is 5.82. The molecule has 1 amide bonds. The average Bonchev–Trinajstić information content (AvgIpc) is 2.29. The SMILES string of the molecule is CC1CCCNC1C(=O)Nc1cc(Cl)ccn1. The van der Waals surface area contributed by atoms with Crippen LogP contribution in [-0.2, 0) is 4.79 Å². The van der Waals surface area contributed by atoms with Gasteiger partial charge < -0.3 is 10.6 Å². The maximum Gasteiger partial charge on any atom is 0.242 e. The fourth-order valence-electron chi connectivity index (χ4n) is 2.08. The van der Waals surface area contributed by atoms with E-state index in [0.29, 0.717) is 16.8 Å². The summed E-state index contributed by atoms with van der Waals surface area (Å²) >= 11 is 5.84. The molecule has 1 aliphatic rings. The molecule has 2 rings (SSSR count). The molecule has 1 fully saturated rings. The highest BCUT2D eigenvalue weighted by molar-refractivity contribution is 6.30. The van der Waals surface area contributed by atoms with E-state index < -0.39 is 0 Å². The van der Waals surface area contributed by atoms with Gasteiger partial charge in [0, 0.05) is 11.2 Å². The maximum atomic E-state index is 12.0. The van der Waals surface area contributed by atoms with Gasteiger partial charge in [-0.2, -0.15) is 0 Å². The van der Waals surface area contributed by atoms with Crippen molar-refractivity contribution < 1.29 is 4.79 Å². The zero-order valence-corrected chi connectivity index (χ0v) is 10.5. The standard InChI is InChI=1S/C12H16ClN3O/c1-8-3-2-5-15-11(8)12(17)16-10-7-9(13)4-6-14-10/h4,6-8,11,15H,2-3,5H2,1H3,(H,14,16,17). The number of anilines is 1. The van der Waals surface area contributed by atoms with Crippen molar-refractivity contribution in [2.45, 2.75) is 25.8 Å². The molecule has 0 aliphatic carbocycles. The Labute approximate surface area is 106 Å². The lowest BCUT2D eigenvalue weighted by Crippen LogP contribution is -2.48. The van der Waals surface area contributed by atoms with Gasteiger partial charge in [-0.05, 0) is 37.4 Å². The highest BCUT2D eigenvalue weighted by Crippen LogP contribution is 2.18. The zero-order valence-electron chi connectivity index (χ0n) is 9.74. The summed E-state index contributed by atoms with van der Waals surface area (Å²) in [6.45, 7) is 2.98. The number of carbonyl (C=O) groups is 1. The van der Waals surface area contributed by atoms with Gasteiger partial charge >= 0.3 is 0 Å². The maximum absolute atomic E-state index is 12.0. The number of aromatic nitrogens is 1.